The lowest BCUT2D eigenvalue weighted by atomic mass is 9.95. The lowest BCUT2D eigenvalue weighted by molar-refractivity contribution is -0.119. The van der Waals surface area contributed by atoms with Crippen molar-refractivity contribution in [2.75, 3.05) is 25.3 Å². The van der Waals surface area contributed by atoms with Crippen molar-refractivity contribution in [1.82, 2.24) is 15.3 Å². The largest absolute Gasteiger partial charge is 0.497 e. The average molecular weight is 453 g/mol. The van der Waals surface area contributed by atoms with E-state index in [-0.39, 0.29) is 5.91 Å². The molecule has 0 spiro atoms. The smallest absolute Gasteiger partial charge is 0.230 e. The molecule has 0 radical (unpaired) electrons. The van der Waals surface area contributed by atoms with Crippen LogP contribution in [0, 0.1) is 0 Å². The number of nitrogens with one attached hydrogen (secondary N) is 2. The molecule has 1 aliphatic rings. The molecule has 1 aromatic heterocycles. The normalized spacial score (nSPS) is 14.2. The molecule has 3 aromatic rings. The van der Waals surface area contributed by atoms with Crippen LogP contribution in [-0.2, 0) is 4.79 Å². The van der Waals surface area contributed by atoms with Crippen molar-refractivity contribution in [3.05, 3.63) is 42.5 Å². The van der Waals surface area contributed by atoms with Crippen molar-refractivity contribution < 1.29 is 14.3 Å². The Labute approximate surface area is 192 Å². The molecule has 0 unspecified atom stereocenters. The van der Waals surface area contributed by atoms with E-state index in [0.29, 0.717) is 34.3 Å². The highest BCUT2D eigenvalue weighted by Gasteiger charge is 2.17. The third-order valence-electron chi connectivity index (χ3n) is 5.50. The number of ether oxygens (including phenoxy) is 2. The van der Waals surface area contributed by atoms with Crippen LogP contribution < -0.4 is 20.1 Å². The number of anilines is 2. The molecule has 1 heterocycles. The van der Waals surface area contributed by atoms with Gasteiger partial charge < -0.3 is 20.1 Å². The molecule has 0 atom stereocenters. The fraction of sp³-hybridized carbons (Fsp3) is 0.375. The number of carbonyl (C=O) groups is 1. The van der Waals surface area contributed by atoms with Crippen LogP contribution in [0.3, 0.4) is 0 Å². The fourth-order valence-electron chi connectivity index (χ4n) is 3.88. The maximum atomic E-state index is 12.4. The Bertz CT molecular complexity index is 1060. The van der Waals surface area contributed by atoms with Crippen LogP contribution in [0.5, 0.6) is 11.5 Å². The molecule has 8 heteroatoms. The first kappa shape index (κ1) is 22.2. The Balaban J connectivity index is 1.53. The molecular weight excluding hydrogens is 424 g/mol. The summed E-state index contributed by atoms with van der Waals surface area (Å²) in [7, 11) is 3.23. The summed E-state index contributed by atoms with van der Waals surface area (Å²) in [5.41, 5.74) is 1.60. The molecular formula is C24H28N4O3S. The fourth-order valence-corrected chi connectivity index (χ4v) is 4.54. The Morgan fingerprint density at radius 3 is 2.47 bits per heavy atom. The minimum absolute atomic E-state index is 0.0331. The maximum absolute atomic E-state index is 12.4. The number of benzene rings is 2. The van der Waals surface area contributed by atoms with Crippen molar-refractivity contribution >= 4 is 40.1 Å². The number of carbonyl (C=O) groups excluding carboxylic acids is 1. The quantitative estimate of drug-likeness (QED) is 0.370. The standard InChI is InChI=1S/C24H28N4O3S/c1-30-18-12-17(13-19(14-18)31-2)26-23-20-10-6-7-11-21(20)27-24(28-23)32-15-22(29)25-16-8-4-3-5-9-16/h6-7,10-14,16H,3-5,8-9,15H2,1-2H3,(H,25,29)(H,26,27,28). The first-order valence-corrected chi connectivity index (χ1v) is 11.8. The van der Waals surface area contributed by atoms with E-state index in [1.54, 1.807) is 14.2 Å². The van der Waals surface area contributed by atoms with Gasteiger partial charge >= 0.3 is 0 Å². The summed E-state index contributed by atoms with van der Waals surface area (Å²) in [5.74, 6) is 2.35. The molecule has 1 amide bonds. The molecule has 0 aliphatic heterocycles. The summed E-state index contributed by atoms with van der Waals surface area (Å²) >= 11 is 1.35. The Morgan fingerprint density at radius 1 is 1.03 bits per heavy atom. The number of rotatable bonds is 8. The molecule has 0 bridgehead atoms. The summed E-state index contributed by atoms with van der Waals surface area (Å²) in [6, 6.07) is 13.7. The predicted octanol–water partition coefficient (Wildman–Crippen LogP) is 4.93. The van der Waals surface area contributed by atoms with Crippen LogP contribution in [0.1, 0.15) is 32.1 Å². The number of hydrogen-bond acceptors (Lipinski definition) is 7. The van der Waals surface area contributed by atoms with Gasteiger partial charge in [-0.1, -0.05) is 43.2 Å². The van der Waals surface area contributed by atoms with Crippen LogP contribution in [0.15, 0.2) is 47.6 Å². The van der Waals surface area contributed by atoms with E-state index in [1.807, 2.05) is 42.5 Å². The number of nitrogens with zero attached hydrogens (tertiary/aromatic N) is 2. The second-order valence-corrected chi connectivity index (χ2v) is 8.73. The molecule has 168 valence electrons. The van der Waals surface area contributed by atoms with Crippen LogP contribution >= 0.6 is 11.8 Å². The topological polar surface area (TPSA) is 85.4 Å². The number of hydrogen-bond donors (Lipinski definition) is 2. The van der Waals surface area contributed by atoms with E-state index in [1.165, 1.54) is 31.0 Å². The van der Waals surface area contributed by atoms with Gasteiger partial charge in [-0.15, -0.1) is 0 Å². The predicted molar refractivity (Wildman–Crippen MR) is 128 cm³/mol. The minimum Gasteiger partial charge on any atom is -0.497 e. The molecule has 7 nitrogen and oxygen atoms in total. The van der Waals surface area contributed by atoms with Crippen molar-refractivity contribution in [2.45, 2.75) is 43.3 Å². The zero-order valence-corrected chi connectivity index (χ0v) is 19.2. The highest BCUT2D eigenvalue weighted by Crippen LogP contribution is 2.31. The Kier molecular flexibility index (Phi) is 7.32. The minimum atomic E-state index is 0.0331. The third kappa shape index (κ3) is 5.62. The van der Waals surface area contributed by atoms with Gasteiger partial charge in [0.2, 0.25) is 5.91 Å². The number of amides is 1. The zero-order chi connectivity index (χ0) is 22.3. The van der Waals surface area contributed by atoms with Gasteiger partial charge in [0.15, 0.2) is 5.16 Å². The average Bonchev–Trinajstić information content (AvgIpc) is 2.83. The van der Waals surface area contributed by atoms with Gasteiger partial charge in [0.05, 0.1) is 25.5 Å². The molecule has 0 saturated heterocycles. The molecule has 4 rings (SSSR count). The molecule has 32 heavy (non-hydrogen) atoms. The summed E-state index contributed by atoms with van der Waals surface area (Å²) in [6.45, 7) is 0. The van der Waals surface area contributed by atoms with Gasteiger partial charge in [-0.2, -0.15) is 0 Å². The number of aromatic nitrogens is 2. The van der Waals surface area contributed by atoms with Gasteiger partial charge in [-0.25, -0.2) is 9.97 Å². The van der Waals surface area contributed by atoms with Gasteiger partial charge in [-0.3, -0.25) is 4.79 Å². The van der Waals surface area contributed by atoms with Crippen LogP contribution in [-0.4, -0.2) is 41.9 Å². The van der Waals surface area contributed by atoms with Crippen molar-refractivity contribution in [3.63, 3.8) is 0 Å². The molecule has 1 saturated carbocycles. The number of thioether (sulfide) groups is 1. The van der Waals surface area contributed by atoms with E-state index in [0.717, 1.165) is 29.4 Å². The van der Waals surface area contributed by atoms with Crippen molar-refractivity contribution in [3.8, 4) is 11.5 Å². The van der Waals surface area contributed by atoms with Crippen LogP contribution in [0.25, 0.3) is 10.9 Å². The second kappa shape index (κ2) is 10.5. The first-order valence-electron chi connectivity index (χ1n) is 10.8. The number of methoxy groups -OCH3 is 2. The van der Waals surface area contributed by atoms with Gasteiger partial charge in [0, 0.05) is 35.3 Å². The summed E-state index contributed by atoms with van der Waals surface area (Å²) in [4.78, 5) is 21.8. The number of fused-ring (bicyclic) bond motifs is 1. The van der Waals surface area contributed by atoms with Gasteiger partial charge in [-0.05, 0) is 25.0 Å². The second-order valence-electron chi connectivity index (χ2n) is 7.79. The highest BCUT2D eigenvalue weighted by atomic mass is 32.2. The molecule has 1 fully saturated rings. The Morgan fingerprint density at radius 2 is 1.75 bits per heavy atom. The molecule has 2 aromatic carbocycles. The first-order chi connectivity index (χ1) is 15.6. The summed E-state index contributed by atoms with van der Waals surface area (Å²) < 4.78 is 10.7. The number of para-hydroxylation sites is 1. The third-order valence-corrected chi connectivity index (χ3v) is 6.35. The van der Waals surface area contributed by atoms with E-state index in [2.05, 4.69) is 15.6 Å². The monoisotopic (exact) mass is 452 g/mol. The molecule has 1 aliphatic carbocycles. The molecule has 2 N–H and O–H groups in total. The highest BCUT2D eigenvalue weighted by molar-refractivity contribution is 7.99. The van der Waals surface area contributed by atoms with E-state index < -0.39 is 0 Å². The SMILES string of the molecule is COc1cc(Nc2nc(SCC(=O)NC3CCCCC3)nc3ccccc23)cc(OC)c1. The van der Waals surface area contributed by atoms with E-state index >= 15 is 0 Å². The summed E-state index contributed by atoms with van der Waals surface area (Å²) in [5, 5.41) is 7.96. The lowest BCUT2D eigenvalue weighted by Gasteiger charge is -2.22. The van der Waals surface area contributed by atoms with E-state index in [9.17, 15) is 4.79 Å². The van der Waals surface area contributed by atoms with Crippen LogP contribution in [0.2, 0.25) is 0 Å². The lowest BCUT2D eigenvalue weighted by Crippen LogP contribution is -2.37. The van der Waals surface area contributed by atoms with Crippen molar-refractivity contribution in [2.24, 2.45) is 0 Å². The Hall–Kier alpha value is -3.00. The van der Waals surface area contributed by atoms with E-state index in [4.69, 9.17) is 14.5 Å². The zero-order valence-electron chi connectivity index (χ0n) is 18.4. The van der Waals surface area contributed by atoms with Gasteiger partial charge in [0.25, 0.3) is 0 Å². The van der Waals surface area contributed by atoms with Gasteiger partial charge in [0.1, 0.15) is 17.3 Å². The summed E-state index contributed by atoms with van der Waals surface area (Å²) in [6.07, 6.45) is 5.79. The van der Waals surface area contributed by atoms with Crippen LogP contribution in [0.4, 0.5) is 11.5 Å². The van der Waals surface area contributed by atoms with Crippen molar-refractivity contribution in [1.29, 1.82) is 0 Å². The maximum Gasteiger partial charge on any atom is 0.230 e.